The Morgan fingerprint density at radius 3 is 2.17 bits per heavy atom. The van der Waals surface area contributed by atoms with Crippen molar-refractivity contribution in [2.75, 3.05) is 21.3 Å². The fourth-order valence-corrected chi connectivity index (χ4v) is 4.59. The van der Waals surface area contributed by atoms with Crippen LogP contribution in [0.15, 0.2) is 30.3 Å². The summed E-state index contributed by atoms with van der Waals surface area (Å²) < 4.78 is 15.0. The van der Waals surface area contributed by atoms with E-state index in [-0.39, 0.29) is 5.92 Å². The van der Waals surface area contributed by atoms with Gasteiger partial charge in [-0.25, -0.2) is 0 Å². The van der Waals surface area contributed by atoms with E-state index in [1.165, 1.54) is 14.2 Å². The Morgan fingerprint density at radius 2 is 1.71 bits per heavy atom. The van der Waals surface area contributed by atoms with E-state index in [0.29, 0.717) is 21.4 Å². The van der Waals surface area contributed by atoms with Crippen LogP contribution >= 0.6 is 0 Å². The number of benzene rings is 1. The third kappa shape index (κ3) is 3.35. The first-order chi connectivity index (χ1) is 11.5. The number of methoxy groups -OCH3 is 3. The fraction of sp³-hybridized carbons (Fsp3) is 0.444. The van der Waals surface area contributed by atoms with Crippen LogP contribution in [0.2, 0.25) is 11.1 Å². The Labute approximate surface area is 148 Å². The topological polar surface area (TPSA) is 61.8 Å². The van der Waals surface area contributed by atoms with Crippen molar-refractivity contribution in [2.45, 2.75) is 17.6 Å². The second-order valence-electron chi connectivity index (χ2n) is 5.64. The first-order valence-corrected chi connectivity index (χ1v) is 10.5. The number of esters is 2. The van der Waals surface area contributed by atoms with E-state index in [0.717, 1.165) is 22.2 Å². The number of allylic oxidation sites excluding steroid dienone is 1. The molecule has 1 aromatic carbocycles. The quantitative estimate of drug-likeness (QED) is 0.420. The van der Waals surface area contributed by atoms with Crippen molar-refractivity contribution in [1.29, 1.82) is 0 Å². The van der Waals surface area contributed by atoms with Crippen LogP contribution in [0, 0.1) is 11.3 Å². The van der Waals surface area contributed by atoms with Crippen LogP contribution in [0.4, 0.5) is 0 Å². The van der Waals surface area contributed by atoms with E-state index < -0.39 is 17.4 Å². The van der Waals surface area contributed by atoms with Crippen molar-refractivity contribution in [3.05, 3.63) is 35.9 Å². The molecular weight excluding hydrogens is 375 g/mol. The van der Waals surface area contributed by atoms with Crippen LogP contribution in [0.25, 0.3) is 5.57 Å². The first-order valence-electron chi connectivity index (χ1n) is 7.55. The molecule has 24 heavy (non-hydrogen) atoms. The molecule has 0 radical (unpaired) electrons. The molecule has 0 amide bonds. The third-order valence-electron chi connectivity index (χ3n) is 4.30. The molecule has 0 saturated heterocycles. The molecule has 1 aliphatic rings. The Bertz CT molecular complexity index is 619. The molecule has 0 spiro atoms. The van der Waals surface area contributed by atoms with Gasteiger partial charge in [0.05, 0.1) is 0 Å². The van der Waals surface area contributed by atoms with Gasteiger partial charge in [-0.1, -0.05) is 0 Å². The molecule has 0 bridgehead atoms. The number of hydrogen-bond donors (Lipinski definition) is 0. The van der Waals surface area contributed by atoms with Crippen LogP contribution in [0.5, 0.6) is 5.75 Å². The summed E-state index contributed by atoms with van der Waals surface area (Å²) in [6.07, 6.45) is 2.13. The van der Waals surface area contributed by atoms with E-state index in [2.05, 4.69) is 5.82 Å². The zero-order chi connectivity index (χ0) is 17.7. The summed E-state index contributed by atoms with van der Waals surface area (Å²) in [6, 6.07) is 7.65. The van der Waals surface area contributed by atoms with Gasteiger partial charge < -0.3 is 0 Å². The molecule has 1 unspecified atom stereocenters. The molecule has 1 aromatic rings. The van der Waals surface area contributed by atoms with Crippen molar-refractivity contribution in [2.24, 2.45) is 11.3 Å². The Morgan fingerprint density at radius 1 is 1.12 bits per heavy atom. The molecule has 6 heteroatoms. The summed E-state index contributed by atoms with van der Waals surface area (Å²) in [7, 11) is 4.21. The molecule has 0 aromatic heterocycles. The Balaban J connectivity index is 2.50. The average molecular weight is 397 g/mol. The van der Waals surface area contributed by atoms with Crippen molar-refractivity contribution in [3.63, 3.8) is 0 Å². The van der Waals surface area contributed by atoms with Gasteiger partial charge in [0, 0.05) is 0 Å². The van der Waals surface area contributed by atoms with Crippen LogP contribution in [-0.2, 0) is 19.1 Å². The molecule has 0 fully saturated rings. The van der Waals surface area contributed by atoms with E-state index >= 15 is 0 Å². The molecule has 1 atom stereocenters. The average Bonchev–Trinajstić information content (AvgIpc) is 3.01. The minimum absolute atomic E-state index is 0.126. The van der Waals surface area contributed by atoms with Crippen LogP contribution in [0.3, 0.4) is 0 Å². The maximum atomic E-state index is 12.4. The van der Waals surface area contributed by atoms with E-state index in [1.807, 2.05) is 24.3 Å². The van der Waals surface area contributed by atoms with Crippen molar-refractivity contribution in [1.82, 2.24) is 0 Å². The zero-order valence-electron chi connectivity index (χ0n) is 14.3. The normalized spacial score (nSPS) is 18.7. The van der Waals surface area contributed by atoms with Gasteiger partial charge in [-0.15, -0.1) is 0 Å². The molecule has 1 aliphatic carbocycles. The summed E-state index contributed by atoms with van der Waals surface area (Å²) in [5.41, 5.74) is 0.631. The predicted molar refractivity (Wildman–Crippen MR) is 92.0 cm³/mol. The zero-order valence-corrected chi connectivity index (χ0v) is 16.0. The van der Waals surface area contributed by atoms with Crippen molar-refractivity contribution >= 4 is 32.5 Å². The van der Waals surface area contributed by atoms with Crippen LogP contribution in [-0.4, -0.2) is 48.2 Å². The van der Waals surface area contributed by atoms with Gasteiger partial charge >= 0.3 is 148 Å². The van der Waals surface area contributed by atoms with Gasteiger partial charge in [0.2, 0.25) is 0 Å². The number of ether oxygens (including phenoxy) is 3. The second-order valence-corrected chi connectivity index (χ2v) is 7.55. The van der Waals surface area contributed by atoms with E-state index in [1.54, 1.807) is 13.2 Å². The van der Waals surface area contributed by atoms with Gasteiger partial charge in [-0.3, -0.25) is 0 Å². The first kappa shape index (κ1) is 18.6. The standard InChI is InChI=1S/C18H22O5Se/c1-21-14-7-5-12(6-8-14)15-10-18(16(19)22-2,17(20)23-3)9-13(15)11-24-4/h5-8,10,13H,9,11H2,1-4H3. The molecular formula is C18H22O5Se. The predicted octanol–water partition coefficient (Wildman–Crippen LogP) is 2.60. The fourth-order valence-electron chi connectivity index (χ4n) is 3.13. The van der Waals surface area contributed by atoms with Crippen molar-refractivity contribution in [3.8, 4) is 5.75 Å². The molecule has 130 valence electrons. The third-order valence-corrected chi connectivity index (χ3v) is 5.84. The van der Waals surface area contributed by atoms with Gasteiger partial charge in [-0.2, -0.15) is 0 Å². The van der Waals surface area contributed by atoms with Gasteiger partial charge in [0.25, 0.3) is 0 Å². The Kier molecular flexibility index (Phi) is 6.08. The molecule has 5 nitrogen and oxygen atoms in total. The maximum absolute atomic E-state index is 12.4. The summed E-state index contributed by atoms with van der Waals surface area (Å²) in [6.45, 7) is 0. The summed E-state index contributed by atoms with van der Waals surface area (Å²) in [5, 5.41) is 0.945. The van der Waals surface area contributed by atoms with Gasteiger partial charge in [0.15, 0.2) is 0 Å². The Hall–Kier alpha value is -1.78. The van der Waals surface area contributed by atoms with Crippen LogP contribution < -0.4 is 4.74 Å². The molecule has 0 saturated carbocycles. The van der Waals surface area contributed by atoms with Gasteiger partial charge in [0.1, 0.15) is 0 Å². The second kappa shape index (κ2) is 7.86. The number of carbonyl (C=O) groups excluding carboxylic acids is 2. The molecule has 0 aliphatic heterocycles. The summed E-state index contributed by atoms with van der Waals surface area (Å²) in [4.78, 5) is 24.8. The summed E-state index contributed by atoms with van der Waals surface area (Å²) >= 11 is 0.415. The number of hydrogen-bond acceptors (Lipinski definition) is 5. The molecule has 0 N–H and O–H groups in total. The van der Waals surface area contributed by atoms with E-state index in [9.17, 15) is 9.59 Å². The summed E-state index contributed by atoms with van der Waals surface area (Å²) in [5.74, 6) is 1.91. The van der Waals surface area contributed by atoms with Gasteiger partial charge in [-0.05, 0) is 0 Å². The van der Waals surface area contributed by atoms with E-state index in [4.69, 9.17) is 14.2 Å². The number of rotatable bonds is 6. The monoisotopic (exact) mass is 398 g/mol. The SMILES string of the molecule is COC(=O)C1(C(=O)OC)C=C(c2ccc(OC)cc2)C(C[Se]C)C1. The minimum atomic E-state index is -1.35. The van der Waals surface area contributed by atoms with Crippen molar-refractivity contribution < 1.29 is 23.8 Å². The number of carbonyl (C=O) groups is 2. The molecule has 2 rings (SSSR count). The van der Waals surface area contributed by atoms with Crippen LogP contribution in [0.1, 0.15) is 12.0 Å². The molecule has 0 heterocycles.